The molecule has 1 fully saturated rings. The Kier molecular flexibility index (Phi) is 3.23. The number of hydrogen-bond acceptors (Lipinski definition) is 4. The quantitative estimate of drug-likeness (QED) is 0.519. The minimum atomic E-state index is -0.694. The van der Waals surface area contributed by atoms with Gasteiger partial charge in [-0.3, -0.25) is 10.2 Å². The average Bonchev–Trinajstić information content (AvgIpc) is 3.18. The molecule has 0 atom stereocenters. The third kappa shape index (κ3) is 2.19. The van der Waals surface area contributed by atoms with Crippen molar-refractivity contribution >= 4 is 17.2 Å². The van der Waals surface area contributed by atoms with Gasteiger partial charge < -0.3 is 0 Å². The third-order valence-corrected chi connectivity index (χ3v) is 4.22. The first-order chi connectivity index (χ1) is 9.61. The van der Waals surface area contributed by atoms with Crippen molar-refractivity contribution in [2.75, 3.05) is 0 Å². The highest BCUT2D eigenvalue weighted by Gasteiger charge is 2.33. The fourth-order valence-corrected chi connectivity index (χ4v) is 3.11. The van der Waals surface area contributed by atoms with E-state index >= 15 is 0 Å². The predicted octanol–water partition coefficient (Wildman–Crippen LogP) is 2.57. The Hall–Kier alpha value is -1.86. The summed E-state index contributed by atoms with van der Waals surface area (Å²) >= 11 is 0.959. The van der Waals surface area contributed by atoms with Gasteiger partial charge in [-0.2, -0.15) is 0 Å². The van der Waals surface area contributed by atoms with E-state index in [4.69, 9.17) is 5.84 Å². The van der Waals surface area contributed by atoms with E-state index in [-0.39, 0.29) is 16.5 Å². The first-order valence-electron chi connectivity index (χ1n) is 6.08. The summed E-state index contributed by atoms with van der Waals surface area (Å²) in [5.41, 5.74) is 2.42. The molecule has 1 aromatic carbocycles. The summed E-state index contributed by atoms with van der Waals surface area (Å²) in [6.45, 7) is 0. The highest BCUT2D eigenvalue weighted by molar-refractivity contribution is 7.17. The molecule has 20 heavy (non-hydrogen) atoms. The number of nitrogens with zero attached hydrogens (tertiary/aromatic N) is 1. The molecule has 1 aromatic heterocycles. The molecule has 4 nitrogen and oxygen atoms in total. The average molecular weight is 295 g/mol. The zero-order valence-electron chi connectivity index (χ0n) is 10.3. The van der Waals surface area contributed by atoms with Crippen LogP contribution in [-0.4, -0.2) is 10.9 Å². The highest BCUT2D eigenvalue weighted by atomic mass is 32.1. The number of carbonyl (C=O) groups excluding carboxylic acids is 1. The fourth-order valence-electron chi connectivity index (χ4n) is 2.00. The monoisotopic (exact) mass is 295 g/mol. The molecule has 0 unspecified atom stereocenters. The van der Waals surface area contributed by atoms with Gasteiger partial charge in [0, 0.05) is 5.92 Å². The molecule has 0 radical (unpaired) electrons. The number of rotatable bonds is 3. The number of carbonyl (C=O) groups is 1. The summed E-state index contributed by atoms with van der Waals surface area (Å²) in [6.07, 6.45) is 1.85. The van der Waals surface area contributed by atoms with Crippen LogP contribution in [0.1, 0.15) is 34.1 Å². The smallest absolute Gasteiger partial charge is 0.277 e. The second-order valence-electron chi connectivity index (χ2n) is 4.58. The first-order valence-corrected chi connectivity index (χ1v) is 6.89. The van der Waals surface area contributed by atoms with Crippen LogP contribution in [0.5, 0.6) is 0 Å². The predicted molar refractivity (Wildman–Crippen MR) is 71.1 cm³/mol. The summed E-state index contributed by atoms with van der Waals surface area (Å²) in [5.74, 6) is 3.45. The van der Waals surface area contributed by atoms with Crippen LogP contribution >= 0.6 is 11.3 Å². The van der Waals surface area contributed by atoms with Crippen LogP contribution in [0.3, 0.4) is 0 Å². The number of hydrogen-bond donors (Lipinski definition) is 2. The van der Waals surface area contributed by atoms with Crippen molar-refractivity contribution in [3.05, 3.63) is 40.4 Å². The van der Waals surface area contributed by atoms with E-state index in [1.165, 1.54) is 18.2 Å². The zero-order chi connectivity index (χ0) is 14.3. The summed E-state index contributed by atoms with van der Waals surface area (Å²) in [6, 6.07) is 3.62. The van der Waals surface area contributed by atoms with Crippen LogP contribution in [0.4, 0.5) is 8.78 Å². The van der Waals surface area contributed by atoms with Crippen LogP contribution in [-0.2, 0) is 0 Å². The third-order valence-electron chi connectivity index (χ3n) is 3.13. The molecular weight excluding hydrogens is 284 g/mol. The molecule has 0 saturated heterocycles. The number of amides is 1. The Balaban J connectivity index is 2.13. The fraction of sp³-hybridized carbons (Fsp3) is 0.231. The normalized spacial score (nSPS) is 14.3. The summed E-state index contributed by atoms with van der Waals surface area (Å²) in [4.78, 5) is 16.3. The number of thiazole rings is 1. The van der Waals surface area contributed by atoms with Crippen molar-refractivity contribution in [1.29, 1.82) is 0 Å². The standard InChI is InChI=1S/C13H11F2N3OS/c14-7-2-1-3-8(15)9(7)13-17-10(6-4-5-6)11(20-13)12(19)18-16/h1-3,6H,4-5,16H2,(H,18,19). The van der Waals surface area contributed by atoms with Crippen LogP contribution in [0, 0.1) is 11.6 Å². The van der Waals surface area contributed by atoms with E-state index in [2.05, 4.69) is 4.98 Å². The minimum absolute atomic E-state index is 0.168. The van der Waals surface area contributed by atoms with E-state index < -0.39 is 17.5 Å². The molecule has 1 aliphatic rings. The molecule has 1 aliphatic carbocycles. The Labute approximate surface area is 117 Å². The van der Waals surface area contributed by atoms with Crippen molar-refractivity contribution < 1.29 is 13.6 Å². The van der Waals surface area contributed by atoms with Crippen LogP contribution < -0.4 is 11.3 Å². The van der Waals surface area contributed by atoms with Gasteiger partial charge in [0.25, 0.3) is 5.91 Å². The largest absolute Gasteiger partial charge is 0.289 e. The topological polar surface area (TPSA) is 68.0 Å². The molecular formula is C13H11F2N3OS. The van der Waals surface area contributed by atoms with Gasteiger partial charge in [-0.15, -0.1) is 11.3 Å². The molecule has 1 amide bonds. The summed E-state index contributed by atoms with van der Waals surface area (Å²) in [7, 11) is 0. The lowest BCUT2D eigenvalue weighted by atomic mass is 10.2. The maximum absolute atomic E-state index is 13.8. The molecule has 7 heteroatoms. The van der Waals surface area contributed by atoms with E-state index in [0.29, 0.717) is 10.6 Å². The molecule has 0 bridgehead atoms. The van der Waals surface area contributed by atoms with Crippen molar-refractivity contribution in [3.8, 4) is 10.6 Å². The SMILES string of the molecule is NNC(=O)c1sc(-c2c(F)cccc2F)nc1C1CC1. The van der Waals surface area contributed by atoms with Crippen molar-refractivity contribution in [2.24, 2.45) is 5.84 Å². The van der Waals surface area contributed by atoms with Crippen molar-refractivity contribution in [1.82, 2.24) is 10.4 Å². The Morgan fingerprint density at radius 1 is 1.35 bits per heavy atom. The van der Waals surface area contributed by atoms with Crippen LogP contribution in [0.15, 0.2) is 18.2 Å². The van der Waals surface area contributed by atoms with E-state index in [1.54, 1.807) is 0 Å². The van der Waals surface area contributed by atoms with E-state index in [9.17, 15) is 13.6 Å². The molecule has 1 saturated carbocycles. The number of nitrogens with two attached hydrogens (primary N) is 1. The van der Waals surface area contributed by atoms with Gasteiger partial charge in [-0.25, -0.2) is 19.6 Å². The summed E-state index contributed by atoms with van der Waals surface area (Å²) in [5, 5.41) is 0.168. The maximum atomic E-state index is 13.8. The number of aromatic nitrogens is 1. The van der Waals surface area contributed by atoms with Gasteiger partial charge >= 0.3 is 0 Å². The van der Waals surface area contributed by atoms with Gasteiger partial charge in [0.15, 0.2) is 0 Å². The number of benzene rings is 1. The Morgan fingerprint density at radius 2 is 2.00 bits per heavy atom. The van der Waals surface area contributed by atoms with Crippen molar-refractivity contribution in [2.45, 2.75) is 18.8 Å². The van der Waals surface area contributed by atoms with Crippen LogP contribution in [0.2, 0.25) is 0 Å². The number of halogens is 2. The number of hydrazine groups is 1. The van der Waals surface area contributed by atoms with Crippen LogP contribution in [0.25, 0.3) is 10.6 Å². The molecule has 104 valence electrons. The lowest BCUT2D eigenvalue weighted by Crippen LogP contribution is -2.30. The maximum Gasteiger partial charge on any atom is 0.277 e. The number of nitrogens with one attached hydrogen (secondary N) is 1. The Bertz CT molecular complexity index is 662. The second kappa shape index (κ2) is 4.92. The molecule has 0 spiro atoms. The minimum Gasteiger partial charge on any atom is -0.289 e. The molecule has 3 rings (SSSR count). The molecule has 0 aliphatic heterocycles. The van der Waals surface area contributed by atoms with E-state index in [1.807, 2.05) is 5.43 Å². The van der Waals surface area contributed by atoms with Gasteiger partial charge in [0.2, 0.25) is 0 Å². The molecule has 1 heterocycles. The lowest BCUT2D eigenvalue weighted by molar-refractivity contribution is 0.0956. The molecule has 3 N–H and O–H groups in total. The lowest BCUT2D eigenvalue weighted by Gasteiger charge is -1.99. The zero-order valence-corrected chi connectivity index (χ0v) is 11.1. The molecule has 2 aromatic rings. The van der Waals surface area contributed by atoms with Gasteiger partial charge in [-0.05, 0) is 25.0 Å². The first kappa shape index (κ1) is 13.1. The highest BCUT2D eigenvalue weighted by Crippen LogP contribution is 2.44. The van der Waals surface area contributed by atoms with Gasteiger partial charge in [0.05, 0.1) is 11.3 Å². The van der Waals surface area contributed by atoms with E-state index in [0.717, 1.165) is 24.2 Å². The second-order valence-corrected chi connectivity index (χ2v) is 5.58. The Morgan fingerprint density at radius 3 is 2.55 bits per heavy atom. The van der Waals surface area contributed by atoms with Gasteiger partial charge in [-0.1, -0.05) is 6.07 Å². The van der Waals surface area contributed by atoms with Crippen molar-refractivity contribution in [3.63, 3.8) is 0 Å². The number of nitrogen functional groups attached to an aromatic ring is 1. The summed E-state index contributed by atoms with van der Waals surface area (Å²) < 4.78 is 27.6. The van der Waals surface area contributed by atoms with Gasteiger partial charge in [0.1, 0.15) is 21.5 Å².